The summed E-state index contributed by atoms with van der Waals surface area (Å²) >= 11 is 0. The first-order valence-corrected chi connectivity index (χ1v) is 8.63. The third-order valence-corrected chi connectivity index (χ3v) is 4.83. The Hall–Kier alpha value is -1.78. The number of aromatic nitrogens is 2. The zero-order valence-electron chi connectivity index (χ0n) is 13.5. The van der Waals surface area contributed by atoms with Gasteiger partial charge in [-0.2, -0.15) is 0 Å². The number of ether oxygens (including phenoxy) is 1. The van der Waals surface area contributed by atoms with E-state index in [1.165, 1.54) is 16.7 Å². The molecular formula is C19H23N3O. The van der Waals surface area contributed by atoms with Crippen LogP contribution in [0.5, 0.6) is 0 Å². The van der Waals surface area contributed by atoms with Gasteiger partial charge >= 0.3 is 0 Å². The predicted octanol–water partition coefficient (Wildman–Crippen LogP) is 2.51. The Morgan fingerprint density at radius 1 is 1.04 bits per heavy atom. The lowest BCUT2D eigenvalue weighted by Crippen LogP contribution is -2.37. The molecule has 2 aliphatic rings. The standard InChI is InChI=1S/C19H23N3O/c1-2-5-17-15(4-1)7-8-16-14-20-18(21-19(16)17)6-3-9-22-10-12-23-13-11-22/h1-2,4-5,14H,3,6-13H2. The van der Waals surface area contributed by atoms with Gasteiger partial charge in [-0.25, -0.2) is 9.97 Å². The lowest BCUT2D eigenvalue weighted by molar-refractivity contribution is 0.0374. The van der Waals surface area contributed by atoms with E-state index in [0.717, 1.165) is 70.0 Å². The van der Waals surface area contributed by atoms with Gasteiger partial charge in [0.05, 0.1) is 18.9 Å². The summed E-state index contributed by atoms with van der Waals surface area (Å²) in [5, 5.41) is 0. The van der Waals surface area contributed by atoms with Crippen LogP contribution in [0.1, 0.15) is 23.4 Å². The molecule has 0 amide bonds. The minimum absolute atomic E-state index is 0.867. The number of hydrogen-bond acceptors (Lipinski definition) is 4. The van der Waals surface area contributed by atoms with Crippen LogP contribution in [-0.4, -0.2) is 47.7 Å². The highest BCUT2D eigenvalue weighted by atomic mass is 16.5. The van der Waals surface area contributed by atoms with Crippen molar-refractivity contribution in [2.45, 2.75) is 25.7 Å². The average molecular weight is 309 g/mol. The molecule has 4 rings (SSSR count). The molecule has 120 valence electrons. The summed E-state index contributed by atoms with van der Waals surface area (Å²) in [6, 6.07) is 8.64. The minimum atomic E-state index is 0.867. The van der Waals surface area contributed by atoms with Crippen molar-refractivity contribution >= 4 is 0 Å². The molecule has 2 aromatic rings. The van der Waals surface area contributed by atoms with Gasteiger partial charge in [0.1, 0.15) is 5.82 Å². The van der Waals surface area contributed by atoms with Crippen molar-refractivity contribution < 1.29 is 4.74 Å². The van der Waals surface area contributed by atoms with Gasteiger partial charge in [-0.05, 0) is 36.9 Å². The molecule has 0 spiro atoms. The molecule has 4 nitrogen and oxygen atoms in total. The van der Waals surface area contributed by atoms with Crippen molar-refractivity contribution in [2.75, 3.05) is 32.8 Å². The number of hydrogen-bond donors (Lipinski definition) is 0. The summed E-state index contributed by atoms with van der Waals surface area (Å²) in [4.78, 5) is 11.9. The second-order valence-electron chi connectivity index (χ2n) is 6.37. The molecule has 1 aromatic heterocycles. The normalized spacial score (nSPS) is 17.6. The van der Waals surface area contributed by atoms with E-state index >= 15 is 0 Å². The lowest BCUT2D eigenvalue weighted by Gasteiger charge is -2.26. The monoisotopic (exact) mass is 309 g/mol. The first-order chi connectivity index (χ1) is 11.4. The van der Waals surface area contributed by atoms with Gasteiger partial charge in [0.2, 0.25) is 0 Å². The Kier molecular flexibility index (Phi) is 4.35. The Labute approximate surface area is 137 Å². The fourth-order valence-corrected chi connectivity index (χ4v) is 3.50. The van der Waals surface area contributed by atoms with E-state index in [4.69, 9.17) is 9.72 Å². The maximum atomic E-state index is 5.39. The summed E-state index contributed by atoms with van der Waals surface area (Å²) in [6.07, 6.45) is 6.26. The Morgan fingerprint density at radius 2 is 1.87 bits per heavy atom. The van der Waals surface area contributed by atoms with Crippen LogP contribution in [0, 0.1) is 0 Å². The highest BCUT2D eigenvalue weighted by Crippen LogP contribution is 2.31. The Balaban J connectivity index is 1.45. The molecule has 0 saturated carbocycles. The summed E-state index contributed by atoms with van der Waals surface area (Å²) in [6.45, 7) is 4.95. The second kappa shape index (κ2) is 6.77. The molecule has 0 radical (unpaired) electrons. The summed E-state index contributed by atoms with van der Waals surface area (Å²) in [7, 11) is 0. The Morgan fingerprint density at radius 3 is 2.78 bits per heavy atom. The second-order valence-corrected chi connectivity index (χ2v) is 6.37. The predicted molar refractivity (Wildman–Crippen MR) is 90.5 cm³/mol. The van der Waals surface area contributed by atoms with E-state index in [1.807, 2.05) is 6.20 Å². The van der Waals surface area contributed by atoms with Crippen LogP contribution in [0.15, 0.2) is 30.5 Å². The van der Waals surface area contributed by atoms with Crippen molar-refractivity contribution in [2.24, 2.45) is 0 Å². The molecule has 4 heteroatoms. The Bertz CT molecular complexity index is 680. The van der Waals surface area contributed by atoms with Crippen molar-refractivity contribution in [3.05, 3.63) is 47.4 Å². The molecule has 2 heterocycles. The SMILES string of the molecule is c1ccc2c(c1)CCc1cnc(CCCN3CCOCC3)nc1-2. The third kappa shape index (κ3) is 3.28. The van der Waals surface area contributed by atoms with E-state index in [1.54, 1.807) is 0 Å². The molecule has 23 heavy (non-hydrogen) atoms. The van der Waals surface area contributed by atoms with Gasteiger partial charge in [-0.3, -0.25) is 4.90 Å². The zero-order chi connectivity index (χ0) is 15.5. The van der Waals surface area contributed by atoms with Crippen LogP contribution < -0.4 is 0 Å². The van der Waals surface area contributed by atoms with Crippen LogP contribution in [0.2, 0.25) is 0 Å². The van der Waals surface area contributed by atoms with Crippen LogP contribution in [0.3, 0.4) is 0 Å². The minimum Gasteiger partial charge on any atom is -0.379 e. The van der Waals surface area contributed by atoms with Crippen LogP contribution in [0.25, 0.3) is 11.3 Å². The van der Waals surface area contributed by atoms with Crippen molar-refractivity contribution in [1.29, 1.82) is 0 Å². The average Bonchev–Trinajstić information content (AvgIpc) is 2.62. The van der Waals surface area contributed by atoms with Crippen LogP contribution in [-0.2, 0) is 24.0 Å². The molecular weight excluding hydrogens is 286 g/mol. The van der Waals surface area contributed by atoms with Gasteiger partial charge in [0.25, 0.3) is 0 Å². The topological polar surface area (TPSA) is 38.2 Å². The zero-order valence-corrected chi connectivity index (χ0v) is 13.5. The van der Waals surface area contributed by atoms with E-state index < -0.39 is 0 Å². The summed E-state index contributed by atoms with van der Waals surface area (Å²) in [5.41, 5.74) is 5.16. The van der Waals surface area contributed by atoms with E-state index in [2.05, 4.69) is 34.1 Å². The van der Waals surface area contributed by atoms with Crippen LogP contribution >= 0.6 is 0 Å². The maximum absolute atomic E-state index is 5.39. The van der Waals surface area contributed by atoms with Gasteiger partial charge < -0.3 is 4.74 Å². The van der Waals surface area contributed by atoms with Gasteiger partial charge in [-0.1, -0.05) is 24.3 Å². The number of morpholine rings is 1. The molecule has 1 aromatic carbocycles. The van der Waals surface area contributed by atoms with E-state index in [-0.39, 0.29) is 0 Å². The van der Waals surface area contributed by atoms with Crippen molar-refractivity contribution in [3.63, 3.8) is 0 Å². The summed E-state index contributed by atoms with van der Waals surface area (Å²) < 4.78 is 5.39. The highest BCUT2D eigenvalue weighted by Gasteiger charge is 2.18. The molecule has 0 atom stereocenters. The van der Waals surface area contributed by atoms with E-state index in [9.17, 15) is 0 Å². The molecule has 0 unspecified atom stereocenters. The smallest absolute Gasteiger partial charge is 0.129 e. The van der Waals surface area contributed by atoms with Gasteiger partial charge in [0.15, 0.2) is 0 Å². The number of nitrogens with zero attached hydrogens (tertiary/aromatic N) is 3. The lowest BCUT2D eigenvalue weighted by atomic mass is 9.90. The third-order valence-electron chi connectivity index (χ3n) is 4.83. The summed E-state index contributed by atoms with van der Waals surface area (Å²) in [5.74, 6) is 0.980. The van der Waals surface area contributed by atoms with Crippen molar-refractivity contribution in [1.82, 2.24) is 14.9 Å². The number of fused-ring (bicyclic) bond motifs is 3. The highest BCUT2D eigenvalue weighted by molar-refractivity contribution is 5.69. The molecule has 0 bridgehead atoms. The maximum Gasteiger partial charge on any atom is 0.129 e. The molecule has 1 fully saturated rings. The first-order valence-electron chi connectivity index (χ1n) is 8.63. The van der Waals surface area contributed by atoms with Gasteiger partial charge in [0, 0.05) is 31.3 Å². The number of benzene rings is 1. The quantitative estimate of drug-likeness (QED) is 0.870. The molecule has 1 aliphatic carbocycles. The molecule has 0 N–H and O–H groups in total. The number of rotatable bonds is 4. The first kappa shape index (κ1) is 14.8. The number of aryl methyl sites for hydroxylation is 3. The van der Waals surface area contributed by atoms with Gasteiger partial charge in [-0.15, -0.1) is 0 Å². The fourth-order valence-electron chi connectivity index (χ4n) is 3.50. The largest absolute Gasteiger partial charge is 0.379 e. The van der Waals surface area contributed by atoms with Crippen LogP contribution in [0.4, 0.5) is 0 Å². The van der Waals surface area contributed by atoms with E-state index in [0.29, 0.717) is 0 Å². The molecule has 1 aliphatic heterocycles. The fraction of sp³-hybridized carbons (Fsp3) is 0.474. The molecule has 1 saturated heterocycles. The van der Waals surface area contributed by atoms with Crippen molar-refractivity contribution in [3.8, 4) is 11.3 Å².